The first kappa shape index (κ1) is 15.2. The number of amides is 1. The van der Waals surface area contributed by atoms with E-state index in [4.69, 9.17) is 11.6 Å². The van der Waals surface area contributed by atoms with Crippen LogP contribution in [0.2, 0.25) is 5.02 Å². The lowest BCUT2D eigenvalue weighted by Crippen LogP contribution is -2.43. The van der Waals surface area contributed by atoms with Crippen molar-refractivity contribution in [2.45, 2.75) is 20.3 Å². The Bertz CT molecular complexity index is 965. The maximum absolute atomic E-state index is 13.1. The zero-order valence-electron chi connectivity index (χ0n) is 13.6. The van der Waals surface area contributed by atoms with Crippen LogP contribution < -0.4 is 4.90 Å². The molecule has 0 saturated heterocycles. The van der Waals surface area contributed by atoms with Crippen LogP contribution in [-0.4, -0.2) is 10.9 Å². The van der Waals surface area contributed by atoms with Crippen molar-refractivity contribution in [3.8, 4) is 0 Å². The summed E-state index contributed by atoms with van der Waals surface area (Å²) in [4.78, 5) is 19.4. The predicted octanol–water partition coefficient (Wildman–Crippen LogP) is 5.14. The SMILES string of the molecule is CC1(C)Cc2c(Cl)cccc2N(c2cnc3ccccc3c2)C1=O. The number of hydrogen-bond acceptors (Lipinski definition) is 2. The topological polar surface area (TPSA) is 33.2 Å². The number of aromatic nitrogens is 1. The lowest BCUT2D eigenvalue weighted by molar-refractivity contribution is -0.126. The van der Waals surface area contributed by atoms with Crippen LogP contribution in [0.1, 0.15) is 19.4 Å². The molecule has 4 rings (SSSR count). The van der Waals surface area contributed by atoms with Crippen molar-refractivity contribution in [1.29, 1.82) is 0 Å². The van der Waals surface area contributed by atoms with E-state index in [0.717, 1.165) is 27.8 Å². The molecule has 1 aromatic heterocycles. The van der Waals surface area contributed by atoms with E-state index < -0.39 is 5.41 Å². The Morgan fingerprint density at radius 2 is 1.92 bits per heavy atom. The van der Waals surface area contributed by atoms with Gasteiger partial charge in [-0.25, -0.2) is 0 Å². The van der Waals surface area contributed by atoms with Gasteiger partial charge in [0.1, 0.15) is 0 Å². The Hall–Kier alpha value is -2.39. The van der Waals surface area contributed by atoms with Crippen molar-refractivity contribution >= 4 is 39.8 Å². The van der Waals surface area contributed by atoms with Gasteiger partial charge in [0.15, 0.2) is 0 Å². The first-order chi connectivity index (χ1) is 11.5. The largest absolute Gasteiger partial charge is 0.279 e. The van der Waals surface area contributed by atoms with Crippen LogP contribution in [0.3, 0.4) is 0 Å². The fourth-order valence-electron chi connectivity index (χ4n) is 3.30. The summed E-state index contributed by atoms with van der Waals surface area (Å²) in [5, 5.41) is 1.71. The zero-order chi connectivity index (χ0) is 16.9. The Kier molecular flexibility index (Phi) is 3.36. The van der Waals surface area contributed by atoms with Gasteiger partial charge in [-0.3, -0.25) is 14.7 Å². The highest BCUT2D eigenvalue weighted by Gasteiger charge is 2.40. The smallest absolute Gasteiger partial charge is 0.237 e. The zero-order valence-corrected chi connectivity index (χ0v) is 14.3. The molecule has 24 heavy (non-hydrogen) atoms. The van der Waals surface area contributed by atoms with E-state index in [1.54, 1.807) is 11.1 Å². The second-order valence-corrected chi connectivity index (χ2v) is 7.23. The summed E-state index contributed by atoms with van der Waals surface area (Å²) in [7, 11) is 0. The second kappa shape index (κ2) is 5.32. The maximum atomic E-state index is 13.1. The fraction of sp³-hybridized carbons (Fsp3) is 0.200. The molecule has 0 atom stereocenters. The van der Waals surface area contributed by atoms with Crippen LogP contribution in [-0.2, 0) is 11.2 Å². The third-order valence-electron chi connectivity index (χ3n) is 4.57. The molecule has 0 aliphatic carbocycles. The minimum atomic E-state index is -0.510. The number of rotatable bonds is 1. The molecular weight excluding hydrogens is 320 g/mol. The van der Waals surface area contributed by atoms with Crippen LogP contribution in [0.4, 0.5) is 11.4 Å². The number of anilines is 2. The number of nitrogens with zero attached hydrogens (tertiary/aromatic N) is 2. The molecule has 0 radical (unpaired) electrons. The quantitative estimate of drug-likeness (QED) is 0.616. The van der Waals surface area contributed by atoms with E-state index in [1.807, 2.05) is 62.4 Å². The highest BCUT2D eigenvalue weighted by Crippen LogP contribution is 2.44. The van der Waals surface area contributed by atoms with Gasteiger partial charge in [-0.2, -0.15) is 0 Å². The van der Waals surface area contributed by atoms with Gasteiger partial charge in [-0.05, 0) is 36.2 Å². The average Bonchev–Trinajstić information content (AvgIpc) is 2.57. The molecule has 0 spiro atoms. The number of hydrogen-bond donors (Lipinski definition) is 0. The Morgan fingerprint density at radius 3 is 2.75 bits per heavy atom. The minimum absolute atomic E-state index is 0.0642. The van der Waals surface area contributed by atoms with Crippen molar-refractivity contribution in [2.24, 2.45) is 5.41 Å². The van der Waals surface area contributed by atoms with Crippen molar-refractivity contribution in [2.75, 3.05) is 4.90 Å². The lowest BCUT2D eigenvalue weighted by Gasteiger charge is -2.38. The highest BCUT2D eigenvalue weighted by atomic mass is 35.5. The van der Waals surface area contributed by atoms with Gasteiger partial charge in [0, 0.05) is 15.8 Å². The number of pyridine rings is 1. The van der Waals surface area contributed by atoms with Crippen molar-refractivity contribution in [3.05, 3.63) is 65.3 Å². The number of halogens is 1. The first-order valence-corrected chi connectivity index (χ1v) is 8.32. The average molecular weight is 337 g/mol. The normalized spacial score (nSPS) is 16.3. The van der Waals surface area contributed by atoms with E-state index in [2.05, 4.69) is 4.98 Å². The number of carbonyl (C=O) groups is 1. The molecule has 1 amide bonds. The molecule has 1 aliphatic rings. The standard InChI is InChI=1S/C20H17ClN2O/c1-20(2)11-15-16(21)7-5-9-18(15)23(19(20)24)14-10-13-6-3-4-8-17(13)22-12-14/h3-10,12H,11H2,1-2H3. The molecule has 4 heteroatoms. The van der Waals surface area contributed by atoms with E-state index in [1.165, 1.54) is 0 Å². The van der Waals surface area contributed by atoms with E-state index >= 15 is 0 Å². The summed E-state index contributed by atoms with van der Waals surface area (Å²) in [6, 6.07) is 15.6. The molecule has 0 bridgehead atoms. The van der Waals surface area contributed by atoms with Gasteiger partial charge >= 0.3 is 0 Å². The van der Waals surface area contributed by atoms with Crippen LogP contribution in [0.5, 0.6) is 0 Å². The Balaban J connectivity index is 1.95. The molecule has 0 unspecified atom stereocenters. The summed E-state index contributed by atoms with van der Waals surface area (Å²) in [5.74, 6) is 0.0642. The van der Waals surface area contributed by atoms with Crippen molar-refractivity contribution < 1.29 is 4.79 Å². The van der Waals surface area contributed by atoms with Crippen LogP contribution in [0, 0.1) is 5.41 Å². The van der Waals surface area contributed by atoms with E-state index in [0.29, 0.717) is 11.4 Å². The third kappa shape index (κ3) is 2.28. The Labute approximate surface area is 145 Å². The summed E-state index contributed by atoms with van der Waals surface area (Å²) in [6.07, 6.45) is 2.39. The lowest BCUT2D eigenvalue weighted by atomic mass is 9.80. The molecule has 3 nitrogen and oxygen atoms in total. The summed E-state index contributed by atoms with van der Waals surface area (Å²) >= 11 is 6.41. The van der Waals surface area contributed by atoms with Crippen LogP contribution in [0.15, 0.2) is 54.7 Å². The van der Waals surface area contributed by atoms with Crippen molar-refractivity contribution in [3.63, 3.8) is 0 Å². The summed E-state index contributed by atoms with van der Waals surface area (Å²) in [6.45, 7) is 3.92. The summed E-state index contributed by atoms with van der Waals surface area (Å²) < 4.78 is 0. The molecular formula is C20H17ClN2O. The van der Waals surface area contributed by atoms with Gasteiger partial charge in [0.25, 0.3) is 0 Å². The van der Waals surface area contributed by atoms with Gasteiger partial charge < -0.3 is 0 Å². The van der Waals surface area contributed by atoms with Gasteiger partial charge in [0.2, 0.25) is 5.91 Å². The van der Waals surface area contributed by atoms with Gasteiger partial charge in [0.05, 0.1) is 23.1 Å². The predicted molar refractivity (Wildman–Crippen MR) is 97.8 cm³/mol. The summed E-state index contributed by atoms with van der Waals surface area (Å²) in [5.41, 5.74) is 3.04. The number of para-hydroxylation sites is 1. The minimum Gasteiger partial charge on any atom is -0.279 e. The fourth-order valence-corrected chi connectivity index (χ4v) is 3.54. The number of fused-ring (bicyclic) bond motifs is 2. The highest BCUT2D eigenvalue weighted by molar-refractivity contribution is 6.32. The molecule has 0 N–H and O–H groups in total. The molecule has 2 heterocycles. The number of benzene rings is 2. The van der Waals surface area contributed by atoms with Gasteiger partial charge in [-0.1, -0.05) is 49.7 Å². The molecule has 0 fully saturated rings. The second-order valence-electron chi connectivity index (χ2n) is 6.82. The van der Waals surface area contributed by atoms with E-state index in [9.17, 15) is 4.79 Å². The maximum Gasteiger partial charge on any atom is 0.237 e. The van der Waals surface area contributed by atoms with Gasteiger partial charge in [-0.15, -0.1) is 0 Å². The van der Waals surface area contributed by atoms with Crippen LogP contribution >= 0.6 is 11.6 Å². The monoisotopic (exact) mass is 336 g/mol. The molecule has 1 aliphatic heterocycles. The first-order valence-electron chi connectivity index (χ1n) is 7.94. The molecule has 2 aromatic carbocycles. The molecule has 120 valence electrons. The Morgan fingerprint density at radius 1 is 1.12 bits per heavy atom. The van der Waals surface area contributed by atoms with Crippen molar-refractivity contribution in [1.82, 2.24) is 4.98 Å². The van der Waals surface area contributed by atoms with E-state index in [-0.39, 0.29) is 5.91 Å². The van der Waals surface area contributed by atoms with Crippen LogP contribution in [0.25, 0.3) is 10.9 Å². The number of carbonyl (C=O) groups excluding carboxylic acids is 1. The third-order valence-corrected chi connectivity index (χ3v) is 4.92. The molecule has 3 aromatic rings. The molecule has 0 saturated carbocycles.